The minimum absolute atomic E-state index is 0.718. The number of benzene rings is 8. The highest BCUT2D eigenvalue weighted by Crippen LogP contribution is 2.41. The van der Waals surface area contributed by atoms with Crippen LogP contribution >= 0.6 is 0 Å². The lowest BCUT2D eigenvalue weighted by molar-refractivity contribution is 1.24. The molecule has 0 fully saturated rings. The number of nitrogens with zero attached hydrogens (tertiary/aromatic N) is 4. The summed E-state index contributed by atoms with van der Waals surface area (Å²) < 4.78 is 0. The van der Waals surface area contributed by atoms with Crippen LogP contribution in [0.25, 0.3) is 87.8 Å². The van der Waals surface area contributed by atoms with Crippen LogP contribution in [0, 0.1) is 0 Å². The molecule has 12 rings (SSSR count). The van der Waals surface area contributed by atoms with Crippen molar-refractivity contribution >= 4 is 82.8 Å². The van der Waals surface area contributed by atoms with Gasteiger partial charge in [0.25, 0.3) is 0 Å². The molecule has 57 heavy (non-hydrogen) atoms. The van der Waals surface area contributed by atoms with Gasteiger partial charge >= 0.3 is 0 Å². The van der Waals surface area contributed by atoms with E-state index in [2.05, 4.69) is 182 Å². The van der Waals surface area contributed by atoms with Crippen molar-refractivity contribution in [1.82, 2.24) is 19.9 Å². The van der Waals surface area contributed by atoms with Crippen molar-refractivity contribution < 1.29 is 0 Å². The van der Waals surface area contributed by atoms with Gasteiger partial charge < -0.3 is 0 Å². The molecule has 0 amide bonds. The van der Waals surface area contributed by atoms with Crippen LogP contribution in [0.2, 0.25) is 0 Å². The van der Waals surface area contributed by atoms with Gasteiger partial charge in [0.15, 0.2) is 13.9 Å². The Morgan fingerprint density at radius 2 is 1.00 bits per heavy atom. The summed E-state index contributed by atoms with van der Waals surface area (Å²) in [5.41, 5.74) is 6.54. The fourth-order valence-corrected chi connectivity index (χ4v) is 14.7. The highest BCUT2D eigenvalue weighted by Gasteiger charge is 2.49. The monoisotopic (exact) mass is 740 g/mol. The molecule has 0 saturated heterocycles. The van der Waals surface area contributed by atoms with Crippen molar-refractivity contribution in [3.63, 3.8) is 0 Å². The van der Waals surface area contributed by atoms with Gasteiger partial charge in [-0.3, -0.25) is 9.97 Å². The molecular weight excluding hydrogens is 709 g/mol. The molecule has 5 heteroatoms. The van der Waals surface area contributed by atoms with Crippen LogP contribution in [0.1, 0.15) is 0 Å². The van der Waals surface area contributed by atoms with Crippen molar-refractivity contribution in [2.24, 2.45) is 0 Å². The topological polar surface area (TPSA) is 51.6 Å². The molecule has 0 radical (unpaired) electrons. The number of hydrogen-bond donors (Lipinski definition) is 0. The third-order valence-electron chi connectivity index (χ3n) is 12.1. The van der Waals surface area contributed by atoms with E-state index in [-0.39, 0.29) is 0 Å². The third kappa shape index (κ3) is 4.61. The van der Waals surface area contributed by atoms with E-state index in [4.69, 9.17) is 19.9 Å². The molecule has 4 heterocycles. The highest BCUT2D eigenvalue weighted by molar-refractivity contribution is 7.22. The first-order valence-corrected chi connectivity index (χ1v) is 21.4. The molecular formula is C52H32N4Si. The van der Waals surface area contributed by atoms with Crippen molar-refractivity contribution in [3.05, 3.63) is 195 Å². The van der Waals surface area contributed by atoms with E-state index in [0.717, 1.165) is 44.3 Å². The van der Waals surface area contributed by atoms with E-state index < -0.39 is 8.07 Å². The Morgan fingerprint density at radius 3 is 1.75 bits per heavy atom. The zero-order valence-electron chi connectivity index (χ0n) is 30.8. The lowest BCUT2D eigenvalue weighted by Crippen LogP contribution is -2.73. The molecule has 0 aliphatic carbocycles. The number of aromatic nitrogens is 4. The van der Waals surface area contributed by atoms with Crippen molar-refractivity contribution in [2.75, 3.05) is 0 Å². The smallest absolute Gasteiger partial charge is 0.183 e. The second-order valence-corrected chi connectivity index (χ2v) is 18.7. The summed E-state index contributed by atoms with van der Waals surface area (Å²) in [4.78, 5) is 20.0. The Hall–Kier alpha value is -7.34. The summed E-state index contributed by atoms with van der Waals surface area (Å²) in [5.74, 6) is 0.718. The highest BCUT2D eigenvalue weighted by atomic mass is 28.3. The first-order chi connectivity index (χ1) is 28.3. The van der Waals surface area contributed by atoms with E-state index in [0.29, 0.717) is 0 Å². The van der Waals surface area contributed by atoms with E-state index in [9.17, 15) is 0 Å². The largest absolute Gasteiger partial charge is 0.265 e. The maximum absolute atomic E-state index is 5.34. The SMILES string of the molecule is c1ccc(-c2nc(-c3ccc4c(c3)c3ccccc3c3cc5c(cc43)-c3ccccc3[Si]5(c3cccnc3)c3cccnc3)nc3c2ccc2ccccc23)cc1. The van der Waals surface area contributed by atoms with Crippen molar-refractivity contribution in [3.8, 4) is 33.8 Å². The maximum atomic E-state index is 5.34. The maximum Gasteiger partial charge on any atom is 0.183 e. The molecule has 0 N–H and O–H groups in total. The average Bonchev–Trinajstić information content (AvgIpc) is 3.59. The summed E-state index contributed by atoms with van der Waals surface area (Å²) in [7, 11) is -2.77. The quantitative estimate of drug-likeness (QED) is 0.133. The van der Waals surface area contributed by atoms with Crippen molar-refractivity contribution in [2.45, 2.75) is 0 Å². The van der Waals surface area contributed by atoms with Gasteiger partial charge in [0, 0.05) is 46.7 Å². The molecule has 1 aliphatic heterocycles. The Morgan fingerprint density at radius 1 is 0.368 bits per heavy atom. The molecule has 264 valence electrons. The minimum atomic E-state index is -2.77. The van der Waals surface area contributed by atoms with Crippen molar-refractivity contribution in [1.29, 1.82) is 0 Å². The van der Waals surface area contributed by atoms with Crippen LogP contribution in [0.5, 0.6) is 0 Å². The first-order valence-electron chi connectivity index (χ1n) is 19.4. The fourth-order valence-electron chi connectivity index (χ4n) is 9.63. The van der Waals surface area contributed by atoms with Crippen LogP contribution in [0.4, 0.5) is 0 Å². The average molecular weight is 741 g/mol. The summed E-state index contributed by atoms with van der Waals surface area (Å²) in [6.07, 6.45) is 7.91. The van der Waals surface area contributed by atoms with Gasteiger partial charge in [-0.25, -0.2) is 9.97 Å². The number of rotatable bonds is 4. The van der Waals surface area contributed by atoms with Gasteiger partial charge in [0.05, 0.1) is 11.2 Å². The van der Waals surface area contributed by atoms with Crippen LogP contribution in [-0.2, 0) is 0 Å². The summed E-state index contributed by atoms with van der Waals surface area (Å²) in [6.45, 7) is 0. The van der Waals surface area contributed by atoms with Gasteiger partial charge in [-0.15, -0.1) is 0 Å². The first kappa shape index (κ1) is 32.0. The predicted molar refractivity (Wildman–Crippen MR) is 239 cm³/mol. The van der Waals surface area contributed by atoms with Crippen LogP contribution < -0.4 is 20.7 Å². The molecule has 0 atom stereocenters. The van der Waals surface area contributed by atoms with Gasteiger partial charge in [-0.2, -0.15) is 0 Å². The zero-order chi connectivity index (χ0) is 37.5. The van der Waals surface area contributed by atoms with E-state index in [1.54, 1.807) is 0 Å². The Kier molecular flexibility index (Phi) is 6.91. The molecule has 0 spiro atoms. The molecule has 0 unspecified atom stereocenters. The second-order valence-electron chi connectivity index (χ2n) is 15.0. The Labute approximate surface area is 329 Å². The second kappa shape index (κ2) is 12.3. The molecule has 8 aromatic carbocycles. The van der Waals surface area contributed by atoms with Crippen LogP contribution in [-0.4, -0.2) is 28.0 Å². The molecule has 1 aliphatic rings. The van der Waals surface area contributed by atoms with Crippen LogP contribution in [0.15, 0.2) is 195 Å². The standard InChI is InChI=1S/C52H32N4Si/c1-2-13-34(14-3-1)50-43-25-22-33-12-4-5-17-38(33)51(43)56-52(55-50)35-23-24-41-44(28-35)39-18-6-7-19-40(39)46-30-49-47(29-45(41)46)42-20-8-9-21-48(42)57(49,36-15-10-26-53-31-36)37-16-11-27-54-32-37/h1-32H. The normalized spacial score (nSPS) is 13.1. The Balaban J connectivity index is 1.15. The predicted octanol–water partition coefficient (Wildman–Crippen LogP) is 9.72. The lowest BCUT2D eigenvalue weighted by Gasteiger charge is -2.30. The summed E-state index contributed by atoms with van der Waals surface area (Å²) in [5, 5.41) is 15.9. The third-order valence-corrected chi connectivity index (χ3v) is 16.9. The molecule has 0 bridgehead atoms. The van der Waals surface area contributed by atoms with Gasteiger partial charge in [0.1, 0.15) is 0 Å². The molecule has 3 aromatic heterocycles. The number of hydrogen-bond acceptors (Lipinski definition) is 4. The lowest BCUT2D eigenvalue weighted by atomic mass is 9.91. The molecule has 4 nitrogen and oxygen atoms in total. The zero-order valence-corrected chi connectivity index (χ0v) is 31.8. The number of pyridine rings is 2. The van der Waals surface area contributed by atoms with Gasteiger partial charge in [0.2, 0.25) is 0 Å². The van der Waals surface area contributed by atoms with E-state index >= 15 is 0 Å². The summed E-state index contributed by atoms with van der Waals surface area (Å²) in [6, 6.07) is 61.6. The number of fused-ring (bicyclic) bond motifs is 12. The minimum Gasteiger partial charge on any atom is -0.265 e. The molecule has 0 saturated carbocycles. The van der Waals surface area contributed by atoms with Gasteiger partial charge in [-0.1, -0.05) is 140 Å². The summed E-state index contributed by atoms with van der Waals surface area (Å²) >= 11 is 0. The van der Waals surface area contributed by atoms with Gasteiger partial charge in [-0.05, 0) is 99.9 Å². The molecule has 11 aromatic rings. The Bertz CT molecular complexity index is 3370. The van der Waals surface area contributed by atoms with E-state index in [1.165, 1.54) is 64.2 Å². The van der Waals surface area contributed by atoms with E-state index in [1.807, 2.05) is 12.4 Å². The van der Waals surface area contributed by atoms with Crippen LogP contribution in [0.3, 0.4) is 0 Å². The fraction of sp³-hybridized carbons (Fsp3) is 0.